The van der Waals surface area contributed by atoms with Crippen molar-refractivity contribution in [1.29, 1.82) is 0 Å². The van der Waals surface area contributed by atoms with E-state index in [1.54, 1.807) is 11.0 Å². The van der Waals surface area contributed by atoms with Gasteiger partial charge in [-0.2, -0.15) is 0 Å². The molecule has 4 heterocycles. The number of fused-ring (bicyclic) bond motifs is 2. The van der Waals surface area contributed by atoms with Crippen LogP contribution in [0, 0.1) is 11.3 Å². The van der Waals surface area contributed by atoms with Gasteiger partial charge in [0.15, 0.2) is 0 Å². The SMILES string of the molecule is O=C1CN(C(=O)CN2CC[C@H]3NC(=O)[C@@H](Cc4ccccc4)NC(=O)C4(C/C=C/C[C@H]3C2)CCOCC4)c2ccccc2N1. The normalized spacial score (nSPS) is 26.6. The lowest BCUT2D eigenvalue weighted by molar-refractivity contribution is -0.140. The number of amides is 4. The predicted molar refractivity (Wildman–Crippen MR) is 167 cm³/mol. The molecule has 10 nitrogen and oxygen atoms in total. The molecule has 6 rings (SSSR count). The van der Waals surface area contributed by atoms with E-state index in [-0.39, 0.29) is 48.7 Å². The molecule has 10 heteroatoms. The molecule has 4 aliphatic heterocycles. The first kappa shape index (κ1) is 30.0. The van der Waals surface area contributed by atoms with Gasteiger partial charge in [0.2, 0.25) is 23.6 Å². The van der Waals surface area contributed by atoms with E-state index in [0.717, 1.165) is 12.0 Å². The Morgan fingerprint density at radius 3 is 2.55 bits per heavy atom. The molecule has 44 heavy (non-hydrogen) atoms. The van der Waals surface area contributed by atoms with E-state index in [9.17, 15) is 19.2 Å². The summed E-state index contributed by atoms with van der Waals surface area (Å²) in [7, 11) is 0. The Bertz CT molecular complexity index is 1410. The fourth-order valence-electron chi connectivity index (χ4n) is 6.93. The summed E-state index contributed by atoms with van der Waals surface area (Å²) in [5, 5.41) is 9.27. The third-order valence-corrected chi connectivity index (χ3v) is 9.53. The van der Waals surface area contributed by atoms with Crippen LogP contribution in [0.2, 0.25) is 0 Å². The first-order valence-electron chi connectivity index (χ1n) is 15.7. The number of hydrogen-bond acceptors (Lipinski definition) is 6. The monoisotopic (exact) mass is 599 g/mol. The minimum absolute atomic E-state index is 0.00412. The van der Waals surface area contributed by atoms with Gasteiger partial charge in [-0.1, -0.05) is 54.6 Å². The largest absolute Gasteiger partial charge is 0.381 e. The number of hydrogen-bond donors (Lipinski definition) is 3. The van der Waals surface area contributed by atoms with Gasteiger partial charge in [0.1, 0.15) is 12.6 Å². The van der Waals surface area contributed by atoms with Gasteiger partial charge < -0.3 is 20.7 Å². The van der Waals surface area contributed by atoms with Crippen LogP contribution in [-0.2, 0) is 30.3 Å². The van der Waals surface area contributed by atoms with E-state index < -0.39 is 11.5 Å². The summed E-state index contributed by atoms with van der Waals surface area (Å²) in [6.45, 7) is 2.50. The Morgan fingerprint density at radius 2 is 1.73 bits per heavy atom. The number of nitrogens with zero attached hydrogens (tertiary/aromatic N) is 2. The molecule has 4 aliphatic rings. The van der Waals surface area contributed by atoms with Crippen molar-refractivity contribution in [2.24, 2.45) is 11.3 Å². The number of carbonyl (C=O) groups is 4. The highest BCUT2D eigenvalue weighted by molar-refractivity contribution is 6.10. The zero-order valence-corrected chi connectivity index (χ0v) is 25.0. The first-order valence-corrected chi connectivity index (χ1v) is 15.7. The van der Waals surface area contributed by atoms with Crippen molar-refractivity contribution in [2.75, 3.05) is 49.6 Å². The number of benzene rings is 2. The summed E-state index contributed by atoms with van der Waals surface area (Å²) in [5.74, 6) is -0.496. The van der Waals surface area contributed by atoms with Gasteiger partial charge in [0.25, 0.3) is 0 Å². The van der Waals surface area contributed by atoms with Crippen molar-refractivity contribution >= 4 is 35.0 Å². The Labute approximate surface area is 258 Å². The molecular formula is C34H41N5O5. The minimum atomic E-state index is -0.696. The van der Waals surface area contributed by atoms with Gasteiger partial charge in [-0.25, -0.2) is 0 Å². The van der Waals surface area contributed by atoms with Crippen LogP contribution in [0.15, 0.2) is 66.7 Å². The highest BCUT2D eigenvalue weighted by Crippen LogP contribution is 2.36. The second-order valence-corrected chi connectivity index (χ2v) is 12.5. The molecule has 2 aromatic carbocycles. The molecule has 0 saturated carbocycles. The highest BCUT2D eigenvalue weighted by atomic mass is 16.5. The number of piperidine rings is 1. The number of anilines is 2. The highest BCUT2D eigenvalue weighted by Gasteiger charge is 2.42. The molecule has 232 valence electrons. The van der Waals surface area contributed by atoms with E-state index in [1.807, 2.05) is 48.5 Å². The Hall–Kier alpha value is -4.02. The van der Waals surface area contributed by atoms with Gasteiger partial charge >= 0.3 is 0 Å². The molecule has 2 saturated heterocycles. The maximum absolute atomic E-state index is 13.8. The molecule has 2 aromatic rings. The number of nitrogens with one attached hydrogen (secondary N) is 3. The van der Waals surface area contributed by atoms with Crippen LogP contribution in [-0.4, -0.2) is 80.0 Å². The van der Waals surface area contributed by atoms with E-state index >= 15 is 0 Å². The van der Waals surface area contributed by atoms with Gasteiger partial charge in [-0.15, -0.1) is 0 Å². The van der Waals surface area contributed by atoms with Crippen LogP contribution < -0.4 is 20.9 Å². The molecular weight excluding hydrogens is 558 g/mol. The third-order valence-electron chi connectivity index (χ3n) is 9.53. The van der Waals surface area contributed by atoms with Crippen molar-refractivity contribution in [2.45, 2.75) is 50.6 Å². The number of likely N-dealkylation sites (tertiary alicyclic amines) is 1. The van der Waals surface area contributed by atoms with E-state index in [0.29, 0.717) is 69.8 Å². The molecule has 1 spiro atoms. The maximum Gasteiger partial charge on any atom is 0.244 e. The lowest BCUT2D eigenvalue weighted by atomic mass is 9.75. The lowest BCUT2D eigenvalue weighted by Gasteiger charge is -2.41. The molecule has 0 radical (unpaired) electrons. The molecule has 0 bridgehead atoms. The van der Waals surface area contributed by atoms with Gasteiger partial charge in [0, 0.05) is 38.8 Å². The third kappa shape index (κ3) is 6.71. The van der Waals surface area contributed by atoms with Crippen molar-refractivity contribution in [3.05, 3.63) is 72.3 Å². The fraction of sp³-hybridized carbons (Fsp3) is 0.471. The summed E-state index contributed by atoms with van der Waals surface area (Å²) < 4.78 is 5.60. The van der Waals surface area contributed by atoms with Gasteiger partial charge in [0.05, 0.1) is 23.3 Å². The van der Waals surface area contributed by atoms with Crippen molar-refractivity contribution in [3.8, 4) is 0 Å². The summed E-state index contributed by atoms with van der Waals surface area (Å²) in [6.07, 6.45) is 7.88. The summed E-state index contributed by atoms with van der Waals surface area (Å²) in [6, 6.07) is 16.3. The van der Waals surface area contributed by atoms with E-state index in [2.05, 4.69) is 33.0 Å². The average molecular weight is 600 g/mol. The van der Waals surface area contributed by atoms with Gasteiger partial charge in [-0.3, -0.25) is 29.0 Å². The summed E-state index contributed by atoms with van der Waals surface area (Å²) in [4.78, 5) is 57.1. The zero-order chi connectivity index (χ0) is 30.5. The van der Waals surface area contributed by atoms with Crippen molar-refractivity contribution < 1.29 is 23.9 Å². The molecule has 0 aromatic heterocycles. The van der Waals surface area contributed by atoms with Crippen LogP contribution in [0.25, 0.3) is 0 Å². The van der Waals surface area contributed by atoms with Crippen LogP contribution in [0.1, 0.15) is 37.7 Å². The van der Waals surface area contributed by atoms with Crippen LogP contribution in [0.4, 0.5) is 11.4 Å². The Balaban J connectivity index is 1.19. The van der Waals surface area contributed by atoms with Crippen LogP contribution in [0.3, 0.4) is 0 Å². The van der Waals surface area contributed by atoms with E-state index in [4.69, 9.17) is 4.74 Å². The van der Waals surface area contributed by atoms with Crippen LogP contribution in [0.5, 0.6) is 0 Å². The molecule has 0 unspecified atom stereocenters. The summed E-state index contributed by atoms with van der Waals surface area (Å²) in [5.41, 5.74) is 1.73. The first-order chi connectivity index (χ1) is 21.4. The van der Waals surface area contributed by atoms with Crippen molar-refractivity contribution in [1.82, 2.24) is 15.5 Å². The van der Waals surface area contributed by atoms with Gasteiger partial charge in [-0.05, 0) is 55.7 Å². The maximum atomic E-state index is 13.8. The predicted octanol–water partition coefficient (Wildman–Crippen LogP) is 2.65. The standard InChI is InChI=1S/C34H41N5O5/c40-30-22-39(29-12-5-4-11-27(29)35-30)31(41)23-38-17-13-26-25(21-38)10-6-7-14-34(15-18-44-19-16-34)33(43)37-28(32(42)36-26)20-24-8-2-1-3-9-24/h1-9,11-12,25-26,28H,10,13-23H2,(H,35,40)(H,36,42)(H,37,43)/b7-6+/t25-,26+,28+/m0/s1. The fourth-order valence-corrected chi connectivity index (χ4v) is 6.93. The van der Waals surface area contributed by atoms with Crippen LogP contribution >= 0.6 is 0 Å². The number of ether oxygens (including phenoxy) is 1. The Morgan fingerprint density at radius 1 is 0.955 bits per heavy atom. The minimum Gasteiger partial charge on any atom is -0.381 e. The average Bonchev–Trinajstić information content (AvgIpc) is 3.03. The lowest BCUT2D eigenvalue weighted by Crippen LogP contribution is -2.58. The number of rotatable bonds is 4. The summed E-state index contributed by atoms with van der Waals surface area (Å²) >= 11 is 0. The molecule has 0 aliphatic carbocycles. The second kappa shape index (κ2) is 13.3. The Kier molecular flexibility index (Phi) is 9.09. The smallest absolute Gasteiger partial charge is 0.244 e. The topological polar surface area (TPSA) is 120 Å². The number of para-hydroxylation sites is 2. The molecule has 3 atom stereocenters. The second-order valence-electron chi connectivity index (χ2n) is 12.5. The number of carbonyl (C=O) groups excluding carboxylic acids is 4. The number of allylic oxidation sites excluding steroid dienone is 2. The van der Waals surface area contributed by atoms with E-state index in [1.165, 1.54) is 0 Å². The van der Waals surface area contributed by atoms with Crippen molar-refractivity contribution in [3.63, 3.8) is 0 Å². The molecule has 4 amide bonds. The quantitative estimate of drug-likeness (QED) is 0.465. The molecule has 3 N–H and O–H groups in total. The zero-order valence-electron chi connectivity index (χ0n) is 25.0. The molecule has 2 fully saturated rings.